The lowest BCUT2D eigenvalue weighted by atomic mass is 9.92. The Bertz CT molecular complexity index is 561. The van der Waals surface area contributed by atoms with Gasteiger partial charge in [-0.2, -0.15) is 0 Å². The molecule has 102 valence electrons. The van der Waals surface area contributed by atoms with E-state index in [-0.39, 0.29) is 12.1 Å². The average molecular weight is 258 g/mol. The van der Waals surface area contributed by atoms with Gasteiger partial charge in [0, 0.05) is 6.42 Å². The van der Waals surface area contributed by atoms with Crippen LogP contribution in [0.25, 0.3) is 11.0 Å². The van der Waals surface area contributed by atoms with Crippen LogP contribution >= 0.6 is 0 Å². The molecule has 2 atom stereocenters. The first-order valence-corrected chi connectivity index (χ1v) is 7.45. The van der Waals surface area contributed by atoms with Crippen molar-refractivity contribution < 1.29 is 5.11 Å². The van der Waals surface area contributed by atoms with E-state index in [9.17, 15) is 5.11 Å². The van der Waals surface area contributed by atoms with Gasteiger partial charge < -0.3 is 9.67 Å². The van der Waals surface area contributed by atoms with Crippen LogP contribution in [0.1, 0.15) is 50.9 Å². The summed E-state index contributed by atoms with van der Waals surface area (Å²) in [6.45, 7) is 2.18. The lowest BCUT2D eigenvalue weighted by molar-refractivity contribution is 0.0759. The summed E-state index contributed by atoms with van der Waals surface area (Å²) in [5, 5.41) is 10.3. The van der Waals surface area contributed by atoms with Crippen molar-refractivity contribution in [3.8, 4) is 0 Å². The van der Waals surface area contributed by atoms with Crippen LogP contribution in [-0.2, 0) is 6.42 Å². The number of nitrogens with zero attached hydrogens (tertiary/aromatic N) is 2. The fourth-order valence-electron chi connectivity index (χ4n) is 3.26. The van der Waals surface area contributed by atoms with E-state index < -0.39 is 0 Å². The minimum absolute atomic E-state index is 0.211. The first-order valence-electron chi connectivity index (χ1n) is 7.45. The molecule has 1 fully saturated rings. The van der Waals surface area contributed by atoms with E-state index >= 15 is 0 Å². The maximum atomic E-state index is 10.3. The molecule has 2 aromatic rings. The Balaban J connectivity index is 2.10. The number of para-hydroxylation sites is 2. The van der Waals surface area contributed by atoms with Crippen LogP contribution in [-0.4, -0.2) is 20.8 Å². The zero-order chi connectivity index (χ0) is 13.2. The molecule has 1 aliphatic rings. The monoisotopic (exact) mass is 258 g/mol. The van der Waals surface area contributed by atoms with Gasteiger partial charge in [-0.25, -0.2) is 4.98 Å². The van der Waals surface area contributed by atoms with Crippen molar-refractivity contribution in [3.05, 3.63) is 30.1 Å². The number of imidazole rings is 1. The van der Waals surface area contributed by atoms with Gasteiger partial charge in [0.05, 0.1) is 23.2 Å². The highest BCUT2D eigenvalue weighted by Gasteiger charge is 2.27. The number of aliphatic hydroxyl groups excluding tert-OH is 1. The van der Waals surface area contributed by atoms with Gasteiger partial charge in [-0.15, -0.1) is 0 Å². The summed E-state index contributed by atoms with van der Waals surface area (Å²) in [6.07, 6.45) is 6.19. The standard InChI is InChI=1S/C16H22N2O/c1-2-7-16-17-12-8-3-4-9-13(12)18(16)14-10-5-6-11-15(14)19/h3-4,8-9,14-15,19H,2,5-7,10-11H2,1H3. The van der Waals surface area contributed by atoms with Gasteiger partial charge >= 0.3 is 0 Å². The largest absolute Gasteiger partial charge is 0.391 e. The Hall–Kier alpha value is -1.35. The molecule has 2 unspecified atom stereocenters. The first-order chi connectivity index (χ1) is 9.31. The molecular formula is C16H22N2O. The summed E-state index contributed by atoms with van der Waals surface area (Å²) in [5.74, 6) is 1.13. The first kappa shape index (κ1) is 12.7. The fraction of sp³-hybridized carbons (Fsp3) is 0.562. The minimum Gasteiger partial charge on any atom is -0.391 e. The quantitative estimate of drug-likeness (QED) is 0.915. The highest BCUT2D eigenvalue weighted by Crippen LogP contribution is 2.33. The fourth-order valence-corrected chi connectivity index (χ4v) is 3.26. The predicted octanol–water partition coefficient (Wildman–Crippen LogP) is 3.46. The summed E-state index contributed by atoms with van der Waals surface area (Å²) in [4.78, 5) is 4.76. The van der Waals surface area contributed by atoms with Gasteiger partial charge in [0.15, 0.2) is 0 Å². The smallest absolute Gasteiger partial charge is 0.110 e. The van der Waals surface area contributed by atoms with Crippen molar-refractivity contribution in [2.75, 3.05) is 0 Å². The summed E-state index contributed by atoms with van der Waals surface area (Å²) in [7, 11) is 0. The third kappa shape index (κ3) is 2.27. The number of rotatable bonds is 3. The second kappa shape index (κ2) is 5.33. The van der Waals surface area contributed by atoms with Crippen LogP contribution in [0.2, 0.25) is 0 Å². The third-order valence-corrected chi connectivity index (χ3v) is 4.17. The molecule has 0 amide bonds. The van der Waals surface area contributed by atoms with Gasteiger partial charge in [-0.3, -0.25) is 0 Å². The van der Waals surface area contributed by atoms with Crippen molar-refractivity contribution in [1.82, 2.24) is 9.55 Å². The zero-order valence-corrected chi connectivity index (χ0v) is 11.5. The molecule has 1 saturated carbocycles. The Morgan fingerprint density at radius 1 is 1.26 bits per heavy atom. The molecule has 0 bridgehead atoms. The SMILES string of the molecule is CCCc1nc2ccccc2n1C1CCCCC1O. The number of aryl methyl sites for hydroxylation is 1. The average Bonchev–Trinajstić information content (AvgIpc) is 2.78. The second-order valence-electron chi connectivity index (χ2n) is 5.56. The molecule has 19 heavy (non-hydrogen) atoms. The molecule has 1 aromatic carbocycles. The Kier molecular flexibility index (Phi) is 3.56. The van der Waals surface area contributed by atoms with Gasteiger partial charge in [-0.05, 0) is 31.4 Å². The number of hydrogen-bond acceptors (Lipinski definition) is 2. The van der Waals surface area contributed by atoms with Crippen LogP contribution in [0.5, 0.6) is 0 Å². The van der Waals surface area contributed by atoms with Gasteiger partial charge in [0.2, 0.25) is 0 Å². The maximum Gasteiger partial charge on any atom is 0.110 e. The number of aliphatic hydroxyl groups is 1. The van der Waals surface area contributed by atoms with Crippen LogP contribution in [0.15, 0.2) is 24.3 Å². The maximum absolute atomic E-state index is 10.3. The molecule has 0 saturated heterocycles. The highest BCUT2D eigenvalue weighted by molar-refractivity contribution is 5.76. The van der Waals surface area contributed by atoms with Crippen LogP contribution in [0, 0.1) is 0 Å². The molecule has 3 nitrogen and oxygen atoms in total. The van der Waals surface area contributed by atoms with E-state index in [0.29, 0.717) is 0 Å². The van der Waals surface area contributed by atoms with E-state index in [2.05, 4.69) is 29.7 Å². The van der Waals surface area contributed by atoms with Crippen LogP contribution < -0.4 is 0 Å². The minimum atomic E-state index is -0.220. The lowest BCUT2D eigenvalue weighted by Gasteiger charge is -2.30. The van der Waals surface area contributed by atoms with Crippen molar-refractivity contribution in [2.45, 2.75) is 57.6 Å². The summed E-state index contributed by atoms with van der Waals surface area (Å²) < 4.78 is 2.31. The molecule has 1 heterocycles. The molecule has 0 radical (unpaired) electrons. The predicted molar refractivity (Wildman–Crippen MR) is 77.2 cm³/mol. The molecule has 1 aromatic heterocycles. The molecule has 1 aliphatic carbocycles. The Labute approximate surface area is 114 Å². The van der Waals surface area contributed by atoms with E-state index in [0.717, 1.165) is 43.4 Å². The molecule has 3 heteroatoms. The van der Waals surface area contributed by atoms with E-state index in [1.165, 1.54) is 11.9 Å². The third-order valence-electron chi connectivity index (χ3n) is 4.17. The van der Waals surface area contributed by atoms with Crippen molar-refractivity contribution in [3.63, 3.8) is 0 Å². The number of benzene rings is 1. The molecule has 1 N–H and O–H groups in total. The second-order valence-corrected chi connectivity index (χ2v) is 5.56. The number of aromatic nitrogens is 2. The molecule has 0 aliphatic heterocycles. The topological polar surface area (TPSA) is 38.0 Å². The van der Waals surface area contributed by atoms with E-state index in [1.54, 1.807) is 0 Å². The summed E-state index contributed by atoms with van der Waals surface area (Å²) >= 11 is 0. The zero-order valence-electron chi connectivity index (χ0n) is 11.5. The van der Waals surface area contributed by atoms with Crippen LogP contribution in [0.3, 0.4) is 0 Å². The van der Waals surface area contributed by atoms with Crippen molar-refractivity contribution in [2.24, 2.45) is 0 Å². The van der Waals surface area contributed by atoms with Gasteiger partial charge in [0.25, 0.3) is 0 Å². The summed E-state index contributed by atoms with van der Waals surface area (Å²) in [5.41, 5.74) is 2.24. The van der Waals surface area contributed by atoms with Gasteiger partial charge in [-0.1, -0.05) is 31.9 Å². The van der Waals surface area contributed by atoms with E-state index in [1.807, 2.05) is 6.07 Å². The summed E-state index contributed by atoms with van der Waals surface area (Å²) in [6, 6.07) is 8.50. The number of hydrogen-bond donors (Lipinski definition) is 1. The van der Waals surface area contributed by atoms with E-state index in [4.69, 9.17) is 4.98 Å². The van der Waals surface area contributed by atoms with Gasteiger partial charge in [0.1, 0.15) is 5.82 Å². The van der Waals surface area contributed by atoms with Crippen molar-refractivity contribution in [1.29, 1.82) is 0 Å². The molecular weight excluding hydrogens is 236 g/mol. The van der Waals surface area contributed by atoms with Crippen LogP contribution in [0.4, 0.5) is 0 Å². The molecule has 0 spiro atoms. The van der Waals surface area contributed by atoms with Crippen molar-refractivity contribution >= 4 is 11.0 Å². The molecule has 3 rings (SSSR count). The number of fused-ring (bicyclic) bond motifs is 1. The Morgan fingerprint density at radius 3 is 2.84 bits per heavy atom. The normalized spacial score (nSPS) is 23.9. The highest BCUT2D eigenvalue weighted by atomic mass is 16.3. The Morgan fingerprint density at radius 2 is 2.05 bits per heavy atom. The lowest BCUT2D eigenvalue weighted by Crippen LogP contribution is -2.28.